The van der Waals surface area contributed by atoms with Crippen molar-refractivity contribution in [1.29, 1.82) is 0 Å². The lowest BCUT2D eigenvalue weighted by Gasteiger charge is -2.21. The molecule has 0 aromatic rings. The summed E-state index contributed by atoms with van der Waals surface area (Å²) in [6, 6.07) is 0. The molecule has 0 amide bonds. The number of ether oxygens (including phenoxy) is 4. The van der Waals surface area contributed by atoms with Gasteiger partial charge in [-0.2, -0.15) is 0 Å². The zero-order valence-electron chi connectivity index (χ0n) is 64.4. The molecule has 3 N–H and O–H groups in total. The summed E-state index contributed by atoms with van der Waals surface area (Å²) >= 11 is 0. The standard InChI is InChI=1S/C79H154O17P2/c1-9-72(8)58-50-42-33-27-21-17-14-15-19-23-29-36-46-54-62-79(84)96-75(66-90-77(82)60-52-44-38-37-41-49-57-71(6)7)68-94-98(87,88)92-64-73(80)63-91-97(85,86)93-67-74(65-89-76(81)59-51-43-34-30-24-26-32-40-48-56-70(4)5)95-78(83)61-53-45-35-28-22-18-13-11-10-12-16-20-25-31-39-47-55-69(2)3/h69-75,80H,9-68H2,1-8H3,(H,85,86)(H,87,88)/t72?,73-,74-,75-/m1/s1. The molecule has 0 aromatic heterocycles. The van der Waals surface area contributed by atoms with Crippen molar-refractivity contribution in [2.45, 2.75) is 420 Å². The van der Waals surface area contributed by atoms with Crippen LogP contribution in [0.4, 0.5) is 0 Å². The first-order valence-corrected chi connectivity index (χ1v) is 43.7. The number of phosphoric acid groups is 2. The Hall–Kier alpha value is -1.94. The van der Waals surface area contributed by atoms with E-state index in [-0.39, 0.29) is 25.7 Å². The Morgan fingerprint density at radius 3 is 0.724 bits per heavy atom. The molecule has 0 aliphatic carbocycles. The molecule has 98 heavy (non-hydrogen) atoms. The Kier molecular flexibility index (Phi) is 66.8. The molecule has 3 unspecified atom stereocenters. The summed E-state index contributed by atoms with van der Waals surface area (Å²) in [7, 11) is -9.92. The third kappa shape index (κ3) is 71.1. The molecule has 0 aliphatic heterocycles. The van der Waals surface area contributed by atoms with Crippen molar-refractivity contribution in [3.8, 4) is 0 Å². The summed E-state index contributed by atoms with van der Waals surface area (Å²) in [5, 5.41) is 10.6. The zero-order valence-corrected chi connectivity index (χ0v) is 66.2. The Labute approximate surface area is 600 Å². The maximum Gasteiger partial charge on any atom is 0.472 e. The van der Waals surface area contributed by atoms with Crippen LogP contribution in [0.5, 0.6) is 0 Å². The smallest absolute Gasteiger partial charge is 0.462 e. The van der Waals surface area contributed by atoms with E-state index in [1.54, 1.807) is 0 Å². The lowest BCUT2D eigenvalue weighted by molar-refractivity contribution is -0.161. The third-order valence-corrected chi connectivity index (χ3v) is 20.6. The summed E-state index contributed by atoms with van der Waals surface area (Å²) < 4.78 is 68.6. The average molecular weight is 1440 g/mol. The topological polar surface area (TPSA) is 237 Å². The van der Waals surface area contributed by atoms with Gasteiger partial charge in [-0.1, -0.05) is 351 Å². The number of hydrogen-bond donors (Lipinski definition) is 3. The highest BCUT2D eigenvalue weighted by Gasteiger charge is 2.30. The monoisotopic (exact) mass is 1440 g/mol. The normalized spacial score (nSPS) is 14.3. The van der Waals surface area contributed by atoms with Crippen LogP contribution in [0.3, 0.4) is 0 Å². The van der Waals surface area contributed by atoms with Crippen LogP contribution in [0.2, 0.25) is 0 Å². The fourth-order valence-corrected chi connectivity index (χ4v) is 13.6. The summed E-state index contributed by atoms with van der Waals surface area (Å²) in [4.78, 5) is 72.9. The highest BCUT2D eigenvalue weighted by molar-refractivity contribution is 7.47. The van der Waals surface area contributed by atoms with Crippen LogP contribution in [-0.4, -0.2) is 96.7 Å². The molecule has 0 rings (SSSR count). The van der Waals surface area contributed by atoms with Gasteiger partial charge in [0.05, 0.1) is 26.4 Å². The van der Waals surface area contributed by atoms with Crippen LogP contribution >= 0.6 is 15.6 Å². The average Bonchev–Trinajstić information content (AvgIpc) is 0.986. The van der Waals surface area contributed by atoms with Gasteiger partial charge >= 0.3 is 39.5 Å². The Balaban J connectivity index is 5.20. The van der Waals surface area contributed by atoms with Gasteiger partial charge in [0.25, 0.3) is 0 Å². The van der Waals surface area contributed by atoms with Crippen molar-refractivity contribution in [2.24, 2.45) is 23.7 Å². The van der Waals surface area contributed by atoms with E-state index in [0.29, 0.717) is 31.6 Å². The molecule has 0 aliphatic rings. The van der Waals surface area contributed by atoms with Crippen molar-refractivity contribution in [3.63, 3.8) is 0 Å². The van der Waals surface area contributed by atoms with Gasteiger partial charge in [-0.3, -0.25) is 37.3 Å². The molecule has 6 atom stereocenters. The van der Waals surface area contributed by atoms with E-state index in [9.17, 15) is 43.2 Å². The van der Waals surface area contributed by atoms with Gasteiger partial charge < -0.3 is 33.8 Å². The quantitative estimate of drug-likeness (QED) is 0.0222. The molecule has 0 spiro atoms. The summed E-state index contributed by atoms with van der Waals surface area (Å²) in [6.07, 6.45) is 54.3. The van der Waals surface area contributed by atoms with Crippen molar-refractivity contribution in [2.75, 3.05) is 39.6 Å². The summed E-state index contributed by atoms with van der Waals surface area (Å²) in [5.74, 6) is 0.959. The van der Waals surface area contributed by atoms with Crippen molar-refractivity contribution < 1.29 is 80.2 Å². The molecule has 0 saturated heterocycles. The molecule has 0 fully saturated rings. The Morgan fingerprint density at radius 1 is 0.286 bits per heavy atom. The maximum atomic E-state index is 13.1. The highest BCUT2D eigenvalue weighted by Crippen LogP contribution is 2.45. The van der Waals surface area contributed by atoms with Gasteiger partial charge in [0.15, 0.2) is 12.2 Å². The van der Waals surface area contributed by atoms with Gasteiger partial charge in [-0.05, 0) is 49.4 Å². The highest BCUT2D eigenvalue weighted by atomic mass is 31.2. The van der Waals surface area contributed by atoms with Crippen molar-refractivity contribution in [1.82, 2.24) is 0 Å². The predicted octanol–water partition coefficient (Wildman–Crippen LogP) is 23.2. The first-order chi connectivity index (χ1) is 47.1. The van der Waals surface area contributed by atoms with E-state index in [0.717, 1.165) is 114 Å². The number of esters is 4. The molecule has 19 heteroatoms. The van der Waals surface area contributed by atoms with Gasteiger partial charge in [0.1, 0.15) is 19.3 Å². The number of phosphoric ester groups is 2. The van der Waals surface area contributed by atoms with E-state index in [1.807, 2.05) is 0 Å². The van der Waals surface area contributed by atoms with Gasteiger partial charge in [0, 0.05) is 25.7 Å². The van der Waals surface area contributed by atoms with E-state index in [2.05, 4.69) is 55.4 Å². The summed E-state index contributed by atoms with van der Waals surface area (Å²) in [5.41, 5.74) is 0. The predicted molar refractivity (Wildman–Crippen MR) is 400 cm³/mol. The van der Waals surface area contributed by atoms with E-state index < -0.39 is 97.5 Å². The number of unbranched alkanes of at least 4 members (excludes halogenated alkanes) is 41. The Morgan fingerprint density at radius 2 is 0.490 bits per heavy atom. The third-order valence-electron chi connectivity index (χ3n) is 18.7. The molecule has 0 radical (unpaired) electrons. The van der Waals surface area contributed by atoms with Gasteiger partial charge in [-0.15, -0.1) is 0 Å². The van der Waals surface area contributed by atoms with Crippen LogP contribution in [0.25, 0.3) is 0 Å². The first-order valence-electron chi connectivity index (χ1n) is 40.7. The molecular formula is C79H154O17P2. The van der Waals surface area contributed by atoms with E-state index in [1.165, 1.54) is 199 Å². The number of aliphatic hydroxyl groups is 1. The van der Waals surface area contributed by atoms with Crippen LogP contribution < -0.4 is 0 Å². The second-order valence-electron chi connectivity index (χ2n) is 30.1. The zero-order chi connectivity index (χ0) is 72.4. The fraction of sp³-hybridized carbons (Fsp3) is 0.949. The maximum absolute atomic E-state index is 13.1. The first kappa shape index (κ1) is 96.1. The number of rotatable bonds is 76. The van der Waals surface area contributed by atoms with Gasteiger partial charge in [0.2, 0.25) is 0 Å². The van der Waals surface area contributed by atoms with Crippen LogP contribution in [-0.2, 0) is 65.4 Å². The molecule has 0 bridgehead atoms. The minimum Gasteiger partial charge on any atom is -0.462 e. The fourth-order valence-electron chi connectivity index (χ4n) is 12.0. The van der Waals surface area contributed by atoms with E-state index >= 15 is 0 Å². The van der Waals surface area contributed by atoms with Gasteiger partial charge in [-0.25, -0.2) is 9.13 Å². The second kappa shape index (κ2) is 68.2. The molecule has 17 nitrogen and oxygen atoms in total. The lowest BCUT2D eigenvalue weighted by Crippen LogP contribution is -2.30. The number of hydrogen-bond acceptors (Lipinski definition) is 15. The molecule has 0 heterocycles. The second-order valence-corrected chi connectivity index (χ2v) is 33.0. The number of carbonyl (C=O) groups excluding carboxylic acids is 4. The largest absolute Gasteiger partial charge is 0.472 e. The molecule has 582 valence electrons. The minimum atomic E-state index is -4.96. The SMILES string of the molecule is CCC(C)CCCCCCCCCCCCCCCCC(=O)O[C@H](COC(=O)CCCCCCCCC(C)C)COP(=O)(O)OC[C@H](O)COP(=O)(O)OC[C@@H](COC(=O)CCCCCCCCCCCC(C)C)OC(=O)CCCCCCCCCCCCCCCCCCC(C)C. The van der Waals surface area contributed by atoms with Crippen molar-refractivity contribution in [3.05, 3.63) is 0 Å². The van der Waals surface area contributed by atoms with Crippen LogP contribution in [0.1, 0.15) is 402 Å². The molecular weight excluding hydrogens is 1280 g/mol. The van der Waals surface area contributed by atoms with E-state index in [4.69, 9.17) is 37.0 Å². The minimum absolute atomic E-state index is 0.106. The number of carbonyl (C=O) groups is 4. The summed E-state index contributed by atoms with van der Waals surface area (Å²) in [6.45, 7) is 14.2. The number of aliphatic hydroxyl groups excluding tert-OH is 1. The van der Waals surface area contributed by atoms with Crippen LogP contribution in [0.15, 0.2) is 0 Å². The molecule has 0 saturated carbocycles. The van der Waals surface area contributed by atoms with Crippen molar-refractivity contribution >= 4 is 39.5 Å². The van der Waals surface area contributed by atoms with Crippen LogP contribution in [0, 0.1) is 23.7 Å². The lowest BCUT2D eigenvalue weighted by atomic mass is 9.99. The Bertz CT molecular complexity index is 1920. The molecule has 0 aromatic carbocycles.